The summed E-state index contributed by atoms with van der Waals surface area (Å²) in [5.74, 6) is -2.27. The summed E-state index contributed by atoms with van der Waals surface area (Å²) in [5.41, 5.74) is 4.49. The molecule has 2 amide bonds. The van der Waals surface area contributed by atoms with Crippen molar-refractivity contribution in [1.29, 1.82) is 0 Å². The molecule has 0 heterocycles. The lowest BCUT2D eigenvalue weighted by Crippen LogP contribution is -2.41. The summed E-state index contributed by atoms with van der Waals surface area (Å²) >= 11 is 0. The van der Waals surface area contributed by atoms with Crippen LogP contribution in [0.3, 0.4) is 0 Å². The third-order valence-corrected chi connectivity index (χ3v) is 5.38. The topological polar surface area (TPSA) is 105 Å². The molecule has 7 heteroatoms. The number of rotatable bonds is 8. The zero-order valence-electron chi connectivity index (χ0n) is 17.1. The van der Waals surface area contributed by atoms with E-state index < -0.39 is 23.9 Å². The summed E-state index contributed by atoms with van der Waals surface area (Å²) in [7, 11) is 0. The maximum atomic E-state index is 12.1. The van der Waals surface area contributed by atoms with Crippen LogP contribution in [0.2, 0.25) is 0 Å². The van der Waals surface area contributed by atoms with E-state index in [1.54, 1.807) is 13.8 Å². The molecule has 30 heavy (non-hydrogen) atoms. The zero-order chi connectivity index (χ0) is 21.7. The van der Waals surface area contributed by atoms with Gasteiger partial charge in [0.15, 0.2) is 0 Å². The highest BCUT2D eigenvalue weighted by atomic mass is 16.5. The molecule has 2 aromatic rings. The Balaban J connectivity index is 1.50. The first-order valence-corrected chi connectivity index (χ1v) is 9.96. The predicted molar refractivity (Wildman–Crippen MR) is 112 cm³/mol. The van der Waals surface area contributed by atoms with E-state index in [0.29, 0.717) is 0 Å². The van der Waals surface area contributed by atoms with E-state index in [-0.39, 0.29) is 31.5 Å². The largest absolute Gasteiger partial charge is 0.481 e. The summed E-state index contributed by atoms with van der Waals surface area (Å²) in [6.45, 7) is 3.45. The van der Waals surface area contributed by atoms with E-state index >= 15 is 0 Å². The van der Waals surface area contributed by atoms with E-state index in [2.05, 4.69) is 22.8 Å². The number of amides is 2. The minimum absolute atomic E-state index is 0.0121. The number of hydrogen-bond donors (Lipinski definition) is 3. The van der Waals surface area contributed by atoms with Gasteiger partial charge in [0.25, 0.3) is 0 Å². The molecular formula is C23H26N2O5. The summed E-state index contributed by atoms with van der Waals surface area (Å²) < 4.78 is 5.37. The lowest BCUT2D eigenvalue weighted by Gasteiger charge is -2.17. The smallest absolute Gasteiger partial charge is 0.407 e. The molecule has 1 aliphatic carbocycles. The molecule has 1 atom stereocenters. The van der Waals surface area contributed by atoms with Crippen LogP contribution in [0.5, 0.6) is 0 Å². The zero-order valence-corrected chi connectivity index (χ0v) is 17.1. The first-order valence-electron chi connectivity index (χ1n) is 9.96. The van der Waals surface area contributed by atoms with Gasteiger partial charge in [-0.25, -0.2) is 4.79 Å². The number of ether oxygens (including phenoxy) is 1. The molecule has 0 bridgehead atoms. The molecule has 0 aliphatic heterocycles. The van der Waals surface area contributed by atoms with Gasteiger partial charge in [0.05, 0.1) is 12.5 Å². The second-order valence-corrected chi connectivity index (χ2v) is 7.67. The number of nitrogens with one attached hydrogen (secondary N) is 2. The van der Waals surface area contributed by atoms with Gasteiger partial charge in [-0.15, -0.1) is 0 Å². The molecule has 0 spiro atoms. The van der Waals surface area contributed by atoms with Crippen molar-refractivity contribution in [2.24, 2.45) is 11.8 Å². The Morgan fingerprint density at radius 3 is 2.07 bits per heavy atom. The Morgan fingerprint density at radius 2 is 1.53 bits per heavy atom. The quantitative estimate of drug-likeness (QED) is 0.621. The maximum absolute atomic E-state index is 12.1. The molecule has 1 aliphatic rings. The molecule has 0 saturated carbocycles. The van der Waals surface area contributed by atoms with Crippen LogP contribution in [0.25, 0.3) is 11.1 Å². The van der Waals surface area contributed by atoms with Gasteiger partial charge in [0.2, 0.25) is 5.91 Å². The first-order chi connectivity index (χ1) is 14.4. The fourth-order valence-electron chi connectivity index (χ4n) is 3.70. The predicted octanol–water partition coefficient (Wildman–Crippen LogP) is 3.00. The number of carboxylic acids is 1. The molecule has 0 radical (unpaired) electrons. The van der Waals surface area contributed by atoms with Crippen LogP contribution in [-0.2, 0) is 14.3 Å². The number of fused-ring (bicyclic) bond motifs is 3. The molecule has 0 aromatic heterocycles. The Kier molecular flexibility index (Phi) is 6.72. The van der Waals surface area contributed by atoms with Crippen LogP contribution in [0.15, 0.2) is 48.5 Å². The van der Waals surface area contributed by atoms with Gasteiger partial charge in [-0.2, -0.15) is 0 Å². The highest BCUT2D eigenvalue weighted by Crippen LogP contribution is 2.44. The van der Waals surface area contributed by atoms with Crippen LogP contribution in [0, 0.1) is 11.8 Å². The minimum Gasteiger partial charge on any atom is -0.481 e. The number of hydrogen-bond acceptors (Lipinski definition) is 4. The maximum Gasteiger partial charge on any atom is 0.407 e. The molecule has 2 aromatic carbocycles. The van der Waals surface area contributed by atoms with Gasteiger partial charge >= 0.3 is 12.1 Å². The molecule has 3 rings (SSSR count). The Bertz CT molecular complexity index is 895. The number of carboxylic acid groups (broad SMARTS) is 1. The summed E-state index contributed by atoms with van der Waals surface area (Å²) in [6.07, 6.45) is -0.689. The van der Waals surface area contributed by atoms with E-state index in [0.717, 1.165) is 22.3 Å². The fourth-order valence-corrected chi connectivity index (χ4v) is 3.70. The number of benzene rings is 2. The van der Waals surface area contributed by atoms with E-state index in [9.17, 15) is 14.4 Å². The number of carbonyl (C=O) groups is 3. The van der Waals surface area contributed by atoms with E-state index in [1.807, 2.05) is 36.4 Å². The van der Waals surface area contributed by atoms with Crippen molar-refractivity contribution in [2.75, 3.05) is 19.7 Å². The average Bonchev–Trinajstić information content (AvgIpc) is 3.04. The molecule has 0 fully saturated rings. The standard InChI is InChI=1S/C23H26N2O5/c1-14(2)19(22(27)28)11-24-21(26)12-25-23(29)30-13-20-17-9-5-3-7-15(17)16-8-4-6-10-18(16)20/h3-10,14,19-20H,11-13H2,1-2H3,(H,24,26)(H,25,29)(H,27,28). The first kappa shape index (κ1) is 21.4. The Morgan fingerprint density at radius 1 is 0.967 bits per heavy atom. The van der Waals surface area contributed by atoms with Crippen molar-refractivity contribution in [1.82, 2.24) is 10.6 Å². The third kappa shape index (κ3) is 4.79. The van der Waals surface area contributed by atoms with Crippen LogP contribution < -0.4 is 10.6 Å². The highest BCUT2D eigenvalue weighted by molar-refractivity contribution is 5.83. The number of aliphatic carboxylic acids is 1. The minimum atomic E-state index is -0.963. The highest BCUT2D eigenvalue weighted by Gasteiger charge is 2.29. The molecule has 3 N–H and O–H groups in total. The second-order valence-electron chi connectivity index (χ2n) is 7.67. The van der Waals surface area contributed by atoms with Crippen LogP contribution >= 0.6 is 0 Å². The van der Waals surface area contributed by atoms with Crippen LogP contribution in [0.4, 0.5) is 4.79 Å². The summed E-state index contributed by atoms with van der Waals surface area (Å²) in [5, 5.41) is 14.1. The van der Waals surface area contributed by atoms with Crippen molar-refractivity contribution in [3.8, 4) is 11.1 Å². The van der Waals surface area contributed by atoms with Crippen molar-refractivity contribution < 1.29 is 24.2 Å². The summed E-state index contributed by atoms with van der Waals surface area (Å²) in [6, 6.07) is 16.1. The molecular weight excluding hydrogens is 384 g/mol. The van der Waals surface area contributed by atoms with Crippen molar-refractivity contribution in [2.45, 2.75) is 19.8 Å². The molecule has 0 saturated heterocycles. The average molecular weight is 410 g/mol. The second kappa shape index (κ2) is 9.43. The van der Waals surface area contributed by atoms with Crippen molar-refractivity contribution in [3.05, 3.63) is 59.7 Å². The fraction of sp³-hybridized carbons (Fsp3) is 0.348. The summed E-state index contributed by atoms with van der Waals surface area (Å²) in [4.78, 5) is 35.2. The Hall–Kier alpha value is -3.35. The van der Waals surface area contributed by atoms with Gasteiger partial charge in [-0.05, 0) is 28.2 Å². The Labute approximate surface area is 175 Å². The van der Waals surface area contributed by atoms with E-state index in [4.69, 9.17) is 9.84 Å². The monoisotopic (exact) mass is 410 g/mol. The van der Waals surface area contributed by atoms with Gasteiger partial charge in [0.1, 0.15) is 6.61 Å². The SMILES string of the molecule is CC(C)C(CNC(=O)CNC(=O)OCC1c2ccccc2-c2ccccc21)C(=O)O. The lowest BCUT2D eigenvalue weighted by atomic mass is 9.96. The van der Waals surface area contributed by atoms with Crippen molar-refractivity contribution >= 4 is 18.0 Å². The van der Waals surface area contributed by atoms with Crippen molar-refractivity contribution in [3.63, 3.8) is 0 Å². The lowest BCUT2D eigenvalue weighted by molar-refractivity contribution is -0.143. The van der Waals surface area contributed by atoms with Gasteiger partial charge in [0, 0.05) is 12.5 Å². The van der Waals surface area contributed by atoms with Crippen LogP contribution in [-0.4, -0.2) is 42.8 Å². The van der Waals surface area contributed by atoms with Gasteiger partial charge in [-0.3, -0.25) is 9.59 Å². The van der Waals surface area contributed by atoms with Crippen LogP contribution in [0.1, 0.15) is 30.9 Å². The van der Waals surface area contributed by atoms with Gasteiger partial charge in [-0.1, -0.05) is 62.4 Å². The molecule has 1 unspecified atom stereocenters. The number of alkyl carbamates (subject to hydrolysis) is 1. The molecule has 7 nitrogen and oxygen atoms in total. The normalized spacial score (nSPS) is 13.3. The number of carbonyl (C=O) groups excluding carboxylic acids is 2. The third-order valence-electron chi connectivity index (χ3n) is 5.38. The molecule has 158 valence electrons. The van der Waals surface area contributed by atoms with Gasteiger partial charge < -0.3 is 20.5 Å². The van der Waals surface area contributed by atoms with E-state index in [1.165, 1.54) is 0 Å².